The Hall–Kier alpha value is -1.31. The minimum Gasteiger partial charge on any atom is -0.506 e. The predicted molar refractivity (Wildman–Crippen MR) is 49.4 cm³/mol. The van der Waals surface area contributed by atoms with Gasteiger partial charge >= 0.3 is 0 Å². The van der Waals surface area contributed by atoms with Gasteiger partial charge in [-0.05, 0) is 0 Å². The summed E-state index contributed by atoms with van der Waals surface area (Å²) in [5.41, 5.74) is 5.49. The number of hydrogen-bond donors (Lipinski definition) is 5. The van der Waals surface area contributed by atoms with Gasteiger partial charge in [-0.25, -0.2) is 0 Å². The second-order valence-corrected chi connectivity index (χ2v) is 3.22. The van der Waals surface area contributed by atoms with Gasteiger partial charge in [-0.1, -0.05) is 0 Å². The van der Waals surface area contributed by atoms with Crippen molar-refractivity contribution in [3.8, 4) is 0 Å². The molecule has 6 N–H and O–H groups in total. The molecule has 0 saturated carbocycles. The van der Waals surface area contributed by atoms with Crippen LogP contribution < -0.4 is 11.1 Å². The fourth-order valence-electron chi connectivity index (χ4n) is 1.33. The maximum Gasteiger partial charge on any atom is 0.217 e. The molecule has 0 radical (unpaired) electrons. The SMILES string of the molecule is CC(=O)N[C@H]1[C@H](N)OC(CO)=C(O)[C@@H]1O. The van der Waals surface area contributed by atoms with Gasteiger partial charge < -0.3 is 25.4 Å². The molecule has 0 unspecified atom stereocenters. The standard InChI is InChI=1S/C8H14N2O5/c1-3(12)10-5-7(14)6(13)4(2-11)15-8(5)9/h5,7-8,11,13-14H,2,9H2,1H3,(H,10,12)/t5-,7-,8-/m1/s1. The van der Waals surface area contributed by atoms with Crippen LogP contribution in [0.2, 0.25) is 0 Å². The lowest BCUT2D eigenvalue weighted by Crippen LogP contribution is -2.58. The van der Waals surface area contributed by atoms with Crippen LogP contribution in [0, 0.1) is 0 Å². The van der Waals surface area contributed by atoms with E-state index in [0.29, 0.717) is 0 Å². The molecule has 7 nitrogen and oxygen atoms in total. The van der Waals surface area contributed by atoms with Gasteiger partial charge in [0.05, 0.1) is 0 Å². The first-order valence-corrected chi connectivity index (χ1v) is 4.37. The zero-order chi connectivity index (χ0) is 11.6. The monoisotopic (exact) mass is 218 g/mol. The van der Waals surface area contributed by atoms with E-state index in [1.807, 2.05) is 0 Å². The zero-order valence-corrected chi connectivity index (χ0v) is 8.17. The van der Waals surface area contributed by atoms with Crippen molar-refractivity contribution >= 4 is 5.91 Å². The molecule has 0 fully saturated rings. The molecule has 3 atom stereocenters. The number of amides is 1. The lowest BCUT2D eigenvalue weighted by atomic mass is 10.0. The van der Waals surface area contributed by atoms with Gasteiger partial charge in [-0.15, -0.1) is 0 Å². The summed E-state index contributed by atoms with van der Waals surface area (Å²) in [5, 5.41) is 30.1. The van der Waals surface area contributed by atoms with Gasteiger partial charge in [0.2, 0.25) is 5.91 Å². The van der Waals surface area contributed by atoms with E-state index in [2.05, 4.69) is 5.32 Å². The molecule has 0 aromatic heterocycles. The van der Waals surface area contributed by atoms with Gasteiger partial charge in [0.15, 0.2) is 17.7 Å². The van der Waals surface area contributed by atoms with Crippen molar-refractivity contribution in [2.45, 2.75) is 25.3 Å². The van der Waals surface area contributed by atoms with Crippen LogP contribution in [0.15, 0.2) is 11.5 Å². The van der Waals surface area contributed by atoms with E-state index in [9.17, 15) is 15.0 Å². The van der Waals surface area contributed by atoms with Crippen molar-refractivity contribution in [2.75, 3.05) is 6.61 Å². The summed E-state index contributed by atoms with van der Waals surface area (Å²) in [6, 6.07) is -0.933. The van der Waals surface area contributed by atoms with Crippen molar-refractivity contribution < 1.29 is 24.9 Å². The Bertz CT molecular complexity index is 291. The summed E-state index contributed by atoms with van der Waals surface area (Å²) in [6.07, 6.45) is -2.39. The number of ether oxygens (including phenoxy) is 1. The van der Waals surface area contributed by atoms with Gasteiger partial charge in [0.25, 0.3) is 0 Å². The van der Waals surface area contributed by atoms with Crippen LogP contribution in [-0.4, -0.2) is 46.2 Å². The van der Waals surface area contributed by atoms with E-state index in [1.165, 1.54) is 6.92 Å². The number of rotatable bonds is 2. The molecule has 1 heterocycles. The van der Waals surface area contributed by atoms with Crippen molar-refractivity contribution in [1.29, 1.82) is 0 Å². The highest BCUT2D eigenvalue weighted by Crippen LogP contribution is 2.20. The fraction of sp³-hybridized carbons (Fsp3) is 0.625. The number of carbonyl (C=O) groups excluding carboxylic acids is 1. The van der Waals surface area contributed by atoms with Gasteiger partial charge in [-0.3, -0.25) is 10.5 Å². The molecule has 7 heteroatoms. The van der Waals surface area contributed by atoms with Crippen molar-refractivity contribution in [2.24, 2.45) is 5.73 Å². The van der Waals surface area contributed by atoms with E-state index in [0.717, 1.165) is 0 Å². The summed E-state index contributed by atoms with van der Waals surface area (Å²) in [4.78, 5) is 10.8. The van der Waals surface area contributed by atoms with Crippen molar-refractivity contribution in [3.05, 3.63) is 11.5 Å². The molecular weight excluding hydrogens is 204 g/mol. The third-order valence-electron chi connectivity index (χ3n) is 2.05. The number of aliphatic hydroxyl groups is 3. The Labute approximate surface area is 86.1 Å². The molecule has 1 aliphatic heterocycles. The Balaban J connectivity index is 2.86. The molecule has 1 amide bonds. The molecule has 15 heavy (non-hydrogen) atoms. The lowest BCUT2D eigenvalue weighted by molar-refractivity contribution is -0.123. The lowest BCUT2D eigenvalue weighted by Gasteiger charge is -2.34. The van der Waals surface area contributed by atoms with Crippen LogP contribution in [0.4, 0.5) is 0 Å². The second kappa shape index (κ2) is 4.47. The van der Waals surface area contributed by atoms with Crippen LogP contribution in [0.3, 0.4) is 0 Å². The third kappa shape index (κ3) is 2.38. The third-order valence-corrected chi connectivity index (χ3v) is 2.05. The molecule has 0 bridgehead atoms. The Morgan fingerprint density at radius 3 is 2.73 bits per heavy atom. The summed E-state index contributed by atoms with van der Waals surface area (Å²) in [6.45, 7) is 0.686. The minimum atomic E-state index is -1.38. The van der Waals surface area contributed by atoms with E-state index in [4.69, 9.17) is 15.6 Å². The Kier molecular flexibility index (Phi) is 3.51. The summed E-state index contributed by atoms with van der Waals surface area (Å²) in [5.74, 6) is -1.10. The average Bonchev–Trinajstić information content (AvgIpc) is 2.18. The first kappa shape index (κ1) is 11.8. The van der Waals surface area contributed by atoms with Crippen LogP contribution in [0.5, 0.6) is 0 Å². The first-order valence-electron chi connectivity index (χ1n) is 4.37. The summed E-state index contributed by atoms with van der Waals surface area (Å²) in [7, 11) is 0. The fourth-order valence-corrected chi connectivity index (χ4v) is 1.33. The minimum absolute atomic E-state index is 0.184. The number of hydrogen-bond acceptors (Lipinski definition) is 6. The molecule has 1 aliphatic rings. The van der Waals surface area contributed by atoms with E-state index < -0.39 is 36.6 Å². The maximum atomic E-state index is 10.8. The number of nitrogens with one attached hydrogen (secondary N) is 1. The molecule has 0 saturated heterocycles. The van der Waals surface area contributed by atoms with Crippen LogP contribution in [0.25, 0.3) is 0 Å². The molecule has 1 rings (SSSR count). The largest absolute Gasteiger partial charge is 0.506 e. The average molecular weight is 218 g/mol. The topological polar surface area (TPSA) is 125 Å². The van der Waals surface area contributed by atoms with Crippen LogP contribution in [-0.2, 0) is 9.53 Å². The highest BCUT2D eigenvalue weighted by molar-refractivity contribution is 5.73. The number of nitrogens with two attached hydrogens (primary N) is 1. The van der Waals surface area contributed by atoms with Crippen molar-refractivity contribution in [3.63, 3.8) is 0 Å². The van der Waals surface area contributed by atoms with E-state index >= 15 is 0 Å². The zero-order valence-electron chi connectivity index (χ0n) is 8.17. The summed E-state index contributed by atoms with van der Waals surface area (Å²) < 4.78 is 4.91. The second-order valence-electron chi connectivity index (χ2n) is 3.22. The van der Waals surface area contributed by atoms with E-state index in [1.54, 1.807) is 0 Å². The Morgan fingerprint density at radius 1 is 1.67 bits per heavy atom. The van der Waals surface area contributed by atoms with Gasteiger partial charge in [-0.2, -0.15) is 0 Å². The van der Waals surface area contributed by atoms with Gasteiger partial charge in [0.1, 0.15) is 18.8 Å². The van der Waals surface area contributed by atoms with Crippen molar-refractivity contribution in [1.82, 2.24) is 5.32 Å². The predicted octanol–water partition coefficient (Wildman–Crippen LogP) is -2.07. The molecule has 0 aliphatic carbocycles. The smallest absolute Gasteiger partial charge is 0.217 e. The van der Waals surface area contributed by atoms with Crippen LogP contribution in [0.1, 0.15) is 6.92 Å². The molecule has 86 valence electrons. The highest BCUT2D eigenvalue weighted by Gasteiger charge is 2.37. The number of aliphatic hydroxyl groups excluding tert-OH is 3. The molecular formula is C8H14N2O5. The normalized spacial score (nSPS) is 31.1. The first-order chi connectivity index (χ1) is 6.97. The highest BCUT2D eigenvalue weighted by atomic mass is 16.5. The van der Waals surface area contributed by atoms with E-state index in [-0.39, 0.29) is 5.76 Å². The summed E-state index contributed by atoms with van der Waals surface area (Å²) >= 11 is 0. The maximum absolute atomic E-state index is 10.8. The number of carbonyl (C=O) groups is 1. The molecule has 0 spiro atoms. The molecule has 0 aromatic rings. The van der Waals surface area contributed by atoms with Crippen LogP contribution >= 0.6 is 0 Å². The van der Waals surface area contributed by atoms with Gasteiger partial charge in [0, 0.05) is 6.92 Å². The Morgan fingerprint density at radius 2 is 2.27 bits per heavy atom. The quantitative estimate of drug-likeness (QED) is 0.362. The molecule has 0 aromatic carbocycles.